The second kappa shape index (κ2) is 5.68. The summed E-state index contributed by atoms with van der Waals surface area (Å²) in [4.78, 5) is 4.38. The molecule has 0 amide bonds. The molecule has 3 rings (SSSR count). The van der Waals surface area contributed by atoms with Crippen molar-refractivity contribution in [3.05, 3.63) is 47.4 Å². The highest BCUT2D eigenvalue weighted by Gasteiger charge is 2.30. The van der Waals surface area contributed by atoms with Crippen LogP contribution < -0.4 is 10.9 Å². The maximum Gasteiger partial charge on any atom is 0.245 e. The first kappa shape index (κ1) is 13.2. The number of nitrogens with zero attached hydrogens (tertiary/aromatic N) is 2. The van der Waals surface area contributed by atoms with Gasteiger partial charge in [-0.05, 0) is 30.5 Å². The van der Waals surface area contributed by atoms with Crippen molar-refractivity contribution in [3.63, 3.8) is 0 Å². The number of aryl methyl sites for hydroxylation is 1. The molecule has 5 nitrogen and oxygen atoms in total. The molecule has 0 spiro atoms. The summed E-state index contributed by atoms with van der Waals surface area (Å²) in [5, 5.41) is 3.96. The smallest absolute Gasteiger partial charge is 0.245 e. The number of nitrogens with one attached hydrogen (secondary N) is 2. The van der Waals surface area contributed by atoms with Gasteiger partial charge in [0.1, 0.15) is 11.9 Å². The van der Waals surface area contributed by atoms with Crippen LogP contribution in [0.2, 0.25) is 0 Å². The summed E-state index contributed by atoms with van der Waals surface area (Å²) in [7, 11) is 0. The predicted octanol–water partition coefficient (Wildman–Crippen LogP) is 2.44. The fourth-order valence-electron chi connectivity index (χ4n) is 2.37. The molecule has 6 heteroatoms. The van der Waals surface area contributed by atoms with Crippen LogP contribution in [0.25, 0.3) is 0 Å². The van der Waals surface area contributed by atoms with Gasteiger partial charge in [-0.15, -0.1) is 0 Å². The Balaban J connectivity index is 1.68. The lowest BCUT2D eigenvalue weighted by atomic mass is 10.0. The molecule has 1 aromatic heterocycles. The maximum absolute atomic E-state index is 12.9. The summed E-state index contributed by atoms with van der Waals surface area (Å²) in [5.74, 6) is 1.12. The van der Waals surface area contributed by atoms with E-state index < -0.39 is 0 Å². The Bertz CT molecular complexity index is 569. The van der Waals surface area contributed by atoms with Crippen LogP contribution >= 0.6 is 0 Å². The van der Waals surface area contributed by atoms with Gasteiger partial charge < -0.3 is 4.52 Å². The fraction of sp³-hybridized carbons (Fsp3) is 0.429. The van der Waals surface area contributed by atoms with Crippen molar-refractivity contribution < 1.29 is 8.91 Å². The minimum absolute atomic E-state index is 0.0110. The van der Waals surface area contributed by atoms with Gasteiger partial charge in [-0.3, -0.25) is 0 Å². The van der Waals surface area contributed by atoms with Crippen molar-refractivity contribution in [1.29, 1.82) is 0 Å². The van der Waals surface area contributed by atoms with Gasteiger partial charge in [-0.25, -0.2) is 15.2 Å². The number of hydrogen-bond acceptors (Lipinski definition) is 5. The molecule has 1 aromatic carbocycles. The zero-order valence-electron chi connectivity index (χ0n) is 11.3. The summed E-state index contributed by atoms with van der Waals surface area (Å²) >= 11 is 0. The van der Waals surface area contributed by atoms with E-state index in [1.807, 2.05) is 0 Å². The Kier molecular flexibility index (Phi) is 3.75. The molecule has 0 aliphatic carbocycles. The Morgan fingerprint density at radius 3 is 2.75 bits per heavy atom. The molecular formula is C14H17FN4O. The Labute approximate surface area is 116 Å². The van der Waals surface area contributed by atoms with Gasteiger partial charge in [-0.1, -0.05) is 24.2 Å². The molecule has 106 valence electrons. The first-order valence-electron chi connectivity index (χ1n) is 6.85. The third kappa shape index (κ3) is 2.71. The standard InChI is InChI=1S/C14H17FN4O/c1-2-3-13-16-14(20-19-13)12-8-11(17-18-12)9-4-6-10(15)7-5-9/h4-7,11-12,17-18H,2-3,8H2,1H3. The zero-order chi connectivity index (χ0) is 13.9. The number of benzene rings is 1. The van der Waals surface area contributed by atoms with Crippen LogP contribution in [0.15, 0.2) is 28.8 Å². The minimum atomic E-state index is -0.225. The Hall–Kier alpha value is -1.79. The third-order valence-corrected chi connectivity index (χ3v) is 3.43. The second-order valence-electron chi connectivity index (χ2n) is 4.98. The van der Waals surface area contributed by atoms with Gasteiger partial charge in [0.15, 0.2) is 5.82 Å². The molecule has 0 saturated carbocycles. The summed E-state index contributed by atoms with van der Waals surface area (Å²) in [6, 6.07) is 6.61. The van der Waals surface area contributed by atoms with E-state index in [1.54, 1.807) is 12.1 Å². The van der Waals surface area contributed by atoms with E-state index in [-0.39, 0.29) is 17.9 Å². The van der Waals surface area contributed by atoms with Crippen LogP contribution in [0.3, 0.4) is 0 Å². The lowest BCUT2D eigenvalue weighted by Gasteiger charge is -2.08. The predicted molar refractivity (Wildman–Crippen MR) is 71.1 cm³/mol. The van der Waals surface area contributed by atoms with E-state index in [4.69, 9.17) is 4.52 Å². The van der Waals surface area contributed by atoms with Crippen LogP contribution in [-0.2, 0) is 6.42 Å². The number of hydrogen-bond donors (Lipinski definition) is 2. The van der Waals surface area contributed by atoms with E-state index >= 15 is 0 Å². The molecule has 0 bridgehead atoms. The minimum Gasteiger partial charge on any atom is -0.338 e. The summed E-state index contributed by atoms with van der Waals surface area (Å²) in [6.07, 6.45) is 2.61. The number of aromatic nitrogens is 2. The highest BCUT2D eigenvalue weighted by atomic mass is 19.1. The molecule has 2 atom stereocenters. The number of hydrazine groups is 1. The molecule has 1 saturated heterocycles. The van der Waals surface area contributed by atoms with Gasteiger partial charge in [0.25, 0.3) is 0 Å². The van der Waals surface area contributed by atoms with Gasteiger partial charge in [0, 0.05) is 12.5 Å². The fourth-order valence-corrected chi connectivity index (χ4v) is 2.37. The quantitative estimate of drug-likeness (QED) is 0.898. The van der Waals surface area contributed by atoms with E-state index in [0.29, 0.717) is 5.89 Å². The molecular weight excluding hydrogens is 259 g/mol. The third-order valence-electron chi connectivity index (χ3n) is 3.43. The molecule has 1 fully saturated rings. The molecule has 1 aliphatic heterocycles. The number of halogens is 1. The molecule has 2 unspecified atom stereocenters. The Morgan fingerprint density at radius 2 is 2.00 bits per heavy atom. The van der Waals surface area contributed by atoms with Crippen molar-refractivity contribution in [1.82, 2.24) is 21.0 Å². The average molecular weight is 276 g/mol. The highest BCUT2D eigenvalue weighted by molar-refractivity contribution is 5.21. The summed E-state index contributed by atoms with van der Waals surface area (Å²) < 4.78 is 18.2. The van der Waals surface area contributed by atoms with Crippen molar-refractivity contribution >= 4 is 0 Å². The highest BCUT2D eigenvalue weighted by Crippen LogP contribution is 2.29. The van der Waals surface area contributed by atoms with Crippen LogP contribution in [0.1, 0.15) is 49.1 Å². The molecule has 2 heterocycles. The number of rotatable bonds is 4. The monoisotopic (exact) mass is 276 g/mol. The summed E-state index contributed by atoms with van der Waals surface area (Å²) in [6.45, 7) is 2.08. The van der Waals surface area contributed by atoms with Gasteiger partial charge in [0.2, 0.25) is 5.89 Å². The Morgan fingerprint density at radius 1 is 1.25 bits per heavy atom. The van der Waals surface area contributed by atoms with E-state index in [1.165, 1.54) is 12.1 Å². The van der Waals surface area contributed by atoms with E-state index in [9.17, 15) is 4.39 Å². The average Bonchev–Trinajstić information content (AvgIpc) is 3.08. The van der Waals surface area contributed by atoms with Gasteiger partial charge >= 0.3 is 0 Å². The zero-order valence-corrected chi connectivity index (χ0v) is 11.3. The van der Waals surface area contributed by atoms with Crippen LogP contribution in [-0.4, -0.2) is 10.1 Å². The largest absolute Gasteiger partial charge is 0.338 e. The second-order valence-corrected chi connectivity index (χ2v) is 4.98. The van der Waals surface area contributed by atoms with Crippen molar-refractivity contribution in [3.8, 4) is 0 Å². The molecule has 20 heavy (non-hydrogen) atoms. The summed E-state index contributed by atoms with van der Waals surface area (Å²) in [5.41, 5.74) is 7.37. The maximum atomic E-state index is 12.9. The normalized spacial score (nSPS) is 22.3. The van der Waals surface area contributed by atoms with Crippen molar-refractivity contribution in [2.75, 3.05) is 0 Å². The molecule has 0 radical (unpaired) electrons. The first-order chi connectivity index (χ1) is 9.76. The van der Waals surface area contributed by atoms with Gasteiger partial charge in [0.05, 0.1) is 0 Å². The van der Waals surface area contributed by atoms with E-state index in [0.717, 1.165) is 30.7 Å². The van der Waals surface area contributed by atoms with Gasteiger partial charge in [-0.2, -0.15) is 4.98 Å². The van der Waals surface area contributed by atoms with Crippen molar-refractivity contribution in [2.24, 2.45) is 0 Å². The van der Waals surface area contributed by atoms with Crippen LogP contribution in [0.4, 0.5) is 4.39 Å². The van der Waals surface area contributed by atoms with Crippen molar-refractivity contribution in [2.45, 2.75) is 38.3 Å². The lowest BCUT2D eigenvalue weighted by Crippen LogP contribution is -2.26. The lowest BCUT2D eigenvalue weighted by molar-refractivity contribution is 0.336. The SMILES string of the molecule is CCCc1noc(C2CC(c3ccc(F)cc3)NN2)n1. The topological polar surface area (TPSA) is 63.0 Å². The van der Waals surface area contributed by atoms with E-state index in [2.05, 4.69) is 27.9 Å². The van der Waals surface area contributed by atoms with Crippen LogP contribution in [0, 0.1) is 5.82 Å². The van der Waals surface area contributed by atoms with Crippen LogP contribution in [0.5, 0.6) is 0 Å². The molecule has 2 N–H and O–H groups in total. The first-order valence-corrected chi connectivity index (χ1v) is 6.85. The molecule has 2 aromatic rings. The molecule has 1 aliphatic rings.